The van der Waals surface area contributed by atoms with E-state index in [0.717, 1.165) is 0 Å². The van der Waals surface area contributed by atoms with E-state index in [-0.39, 0.29) is 36.0 Å². The van der Waals surface area contributed by atoms with E-state index in [0.29, 0.717) is 10.0 Å². The lowest BCUT2D eigenvalue weighted by Gasteiger charge is -2.26. The maximum absolute atomic E-state index is 12.7. The van der Waals surface area contributed by atoms with Gasteiger partial charge in [0.15, 0.2) is 0 Å². The average Bonchev–Trinajstić information content (AvgIpc) is 3.10. The third-order valence-electron chi connectivity index (χ3n) is 4.52. The van der Waals surface area contributed by atoms with E-state index in [1.807, 2.05) is 0 Å². The molecule has 1 aliphatic carbocycles. The molecule has 2 heterocycles. The van der Waals surface area contributed by atoms with E-state index in [2.05, 4.69) is 25.1 Å². The Morgan fingerprint density at radius 2 is 1.97 bits per heavy atom. The zero-order valence-electron chi connectivity index (χ0n) is 16.0. The van der Waals surface area contributed by atoms with Crippen LogP contribution in [0.25, 0.3) is 0 Å². The molecule has 1 unspecified atom stereocenters. The number of anilines is 1. The van der Waals surface area contributed by atoms with Gasteiger partial charge in [-0.15, -0.1) is 0 Å². The van der Waals surface area contributed by atoms with Crippen molar-refractivity contribution in [1.82, 2.24) is 4.98 Å². The van der Waals surface area contributed by atoms with Gasteiger partial charge in [0.05, 0.1) is 9.50 Å². The summed E-state index contributed by atoms with van der Waals surface area (Å²) in [5, 5.41) is 0.210. The fourth-order valence-corrected chi connectivity index (χ4v) is 4.51. The summed E-state index contributed by atoms with van der Waals surface area (Å²) in [5.74, 6) is -0.186. The van der Waals surface area contributed by atoms with Crippen molar-refractivity contribution in [2.45, 2.75) is 50.1 Å². The van der Waals surface area contributed by atoms with E-state index in [4.69, 9.17) is 16.3 Å². The first-order valence-electron chi connectivity index (χ1n) is 8.64. The number of allylic oxidation sites excluding steroid dienone is 1. The van der Waals surface area contributed by atoms with Crippen LogP contribution in [0.5, 0.6) is 0 Å². The first-order valence-corrected chi connectivity index (χ1v) is 11.2. The first-order chi connectivity index (χ1) is 13.6. The number of carbonyl (C=O) groups is 1. The fraction of sp³-hybridized carbons (Fsp3) is 0.529. The summed E-state index contributed by atoms with van der Waals surface area (Å²) in [6, 6.07) is 0. The Bertz CT molecular complexity index is 1040. The maximum Gasteiger partial charge on any atom is 0.534 e. The number of amides is 1. The van der Waals surface area contributed by atoms with Crippen LogP contribution in [-0.4, -0.2) is 37.1 Å². The standard InChI is InChI=1S/C17H17BrClF3N2O5S/c1-15(2,3)28-14(25)24-8-16(11-12(19)10(18)7-23-13(11)24)5-4-9(6-16)29-30(26,27)17(20,21)22/h6-7H,4-5,8H2,1-3H3. The predicted molar refractivity (Wildman–Crippen MR) is 106 cm³/mol. The number of aromatic nitrogens is 1. The molecule has 0 fully saturated rings. The average molecular weight is 534 g/mol. The second-order valence-electron chi connectivity index (χ2n) is 7.94. The van der Waals surface area contributed by atoms with E-state index in [9.17, 15) is 26.4 Å². The van der Waals surface area contributed by atoms with Crippen molar-refractivity contribution in [2.24, 2.45) is 0 Å². The Morgan fingerprint density at radius 1 is 1.33 bits per heavy atom. The quantitative estimate of drug-likeness (QED) is 0.391. The van der Waals surface area contributed by atoms with Gasteiger partial charge in [0.1, 0.15) is 17.2 Å². The molecule has 1 aliphatic heterocycles. The van der Waals surface area contributed by atoms with E-state index < -0.39 is 32.7 Å². The van der Waals surface area contributed by atoms with Crippen LogP contribution >= 0.6 is 27.5 Å². The largest absolute Gasteiger partial charge is 0.534 e. The van der Waals surface area contributed by atoms with E-state index in [1.165, 1.54) is 17.2 Å². The van der Waals surface area contributed by atoms with Crippen LogP contribution in [0.3, 0.4) is 0 Å². The Kier molecular flexibility index (Phi) is 5.60. The number of nitrogens with zero attached hydrogens (tertiary/aromatic N) is 2. The van der Waals surface area contributed by atoms with Crippen molar-refractivity contribution in [3.63, 3.8) is 0 Å². The number of ether oxygens (including phenoxy) is 1. The Hall–Kier alpha value is -1.53. The van der Waals surface area contributed by atoms with Gasteiger partial charge in [0.2, 0.25) is 0 Å². The fourth-order valence-electron chi connectivity index (χ4n) is 3.38. The van der Waals surface area contributed by atoms with E-state index in [1.54, 1.807) is 20.8 Å². The SMILES string of the molecule is CC(C)(C)OC(=O)N1CC2(C=C(OS(=O)(=O)C(F)(F)F)CC2)c2c1ncc(Br)c2Cl. The third-order valence-corrected chi connectivity index (χ3v) is 6.74. The molecule has 166 valence electrons. The molecule has 2 aliphatic rings. The smallest absolute Gasteiger partial charge is 0.443 e. The summed E-state index contributed by atoms with van der Waals surface area (Å²) in [5.41, 5.74) is -7.04. The van der Waals surface area contributed by atoms with Crippen molar-refractivity contribution in [2.75, 3.05) is 11.4 Å². The highest BCUT2D eigenvalue weighted by Crippen LogP contribution is 2.53. The monoisotopic (exact) mass is 532 g/mol. The molecular weight excluding hydrogens is 517 g/mol. The topological polar surface area (TPSA) is 85.8 Å². The molecule has 30 heavy (non-hydrogen) atoms. The minimum absolute atomic E-state index is 0.0423. The van der Waals surface area contributed by atoms with Crippen LogP contribution in [0, 0.1) is 0 Å². The minimum atomic E-state index is -5.81. The van der Waals surface area contributed by atoms with Gasteiger partial charge in [-0.2, -0.15) is 21.6 Å². The van der Waals surface area contributed by atoms with Gasteiger partial charge in [-0.05, 0) is 49.2 Å². The summed E-state index contributed by atoms with van der Waals surface area (Å²) in [6.45, 7) is 5.01. The summed E-state index contributed by atoms with van der Waals surface area (Å²) in [7, 11) is -5.81. The molecule has 0 radical (unpaired) electrons. The van der Waals surface area contributed by atoms with Crippen molar-refractivity contribution in [3.05, 3.63) is 33.1 Å². The van der Waals surface area contributed by atoms with Crippen LogP contribution in [0.15, 0.2) is 22.5 Å². The molecule has 1 spiro atoms. The number of alkyl halides is 3. The second kappa shape index (κ2) is 7.27. The van der Waals surface area contributed by atoms with Gasteiger partial charge in [0, 0.05) is 30.1 Å². The molecule has 7 nitrogen and oxygen atoms in total. The molecule has 13 heteroatoms. The predicted octanol–water partition coefficient (Wildman–Crippen LogP) is 5.03. The van der Waals surface area contributed by atoms with Gasteiger partial charge in [-0.25, -0.2) is 9.78 Å². The van der Waals surface area contributed by atoms with Crippen molar-refractivity contribution >= 4 is 49.6 Å². The highest BCUT2D eigenvalue weighted by Gasteiger charge is 2.53. The molecule has 3 rings (SSSR count). The Morgan fingerprint density at radius 3 is 2.53 bits per heavy atom. The molecule has 0 saturated carbocycles. The number of hydrogen-bond acceptors (Lipinski definition) is 6. The van der Waals surface area contributed by atoms with Gasteiger partial charge < -0.3 is 8.92 Å². The number of pyridine rings is 1. The summed E-state index contributed by atoms with van der Waals surface area (Å²) in [4.78, 5) is 18.2. The van der Waals surface area contributed by atoms with Gasteiger partial charge >= 0.3 is 21.7 Å². The molecule has 1 amide bonds. The second-order valence-corrected chi connectivity index (χ2v) is 10.7. The first kappa shape index (κ1) is 23.1. The highest BCUT2D eigenvalue weighted by atomic mass is 79.9. The number of rotatable bonds is 2. The molecule has 0 N–H and O–H groups in total. The lowest BCUT2D eigenvalue weighted by molar-refractivity contribution is -0.0522. The zero-order valence-corrected chi connectivity index (χ0v) is 19.2. The van der Waals surface area contributed by atoms with Gasteiger partial charge in [0.25, 0.3) is 0 Å². The number of carbonyl (C=O) groups excluding carboxylic acids is 1. The lowest BCUT2D eigenvalue weighted by atomic mass is 9.83. The summed E-state index contributed by atoms with van der Waals surface area (Å²) >= 11 is 9.68. The van der Waals surface area contributed by atoms with Crippen molar-refractivity contribution in [3.8, 4) is 0 Å². The summed E-state index contributed by atoms with van der Waals surface area (Å²) in [6.07, 6.45) is 2.01. The minimum Gasteiger partial charge on any atom is -0.443 e. The van der Waals surface area contributed by atoms with Crippen LogP contribution < -0.4 is 4.90 Å². The Balaban J connectivity index is 2.04. The lowest BCUT2D eigenvalue weighted by Crippen LogP contribution is -2.39. The number of halogens is 5. The molecule has 1 aromatic heterocycles. The zero-order chi connectivity index (χ0) is 22.7. The molecule has 0 aromatic carbocycles. The van der Waals surface area contributed by atoms with E-state index >= 15 is 0 Å². The molecule has 0 bridgehead atoms. The van der Waals surface area contributed by atoms with Crippen molar-refractivity contribution in [1.29, 1.82) is 0 Å². The maximum atomic E-state index is 12.7. The van der Waals surface area contributed by atoms with Gasteiger partial charge in [-0.1, -0.05) is 11.6 Å². The van der Waals surface area contributed by atoms with Crippen LogP contribution in [0.2, 0.25) is 5.02 Å². The molecular formula is C17H17BrClF3N2O5S. The van der Waals surface area contributed by atoms with Crippen LogP contribution in [0.4, 0.5) is 23.8 Å². The molecule has 1 aromatic rings. The number of fused-ring (bicyclic) bond motifs is 2. The summed E-state index contributed by atoms with van der Waals surface area (Å²) < 4.78 is 71.0. The van der Waals surface area contributed by atoms with Crippen LogP contribution in [0.1, 0.15) is 39.2 Å². The normalized spacial score (nSPS) is 21.6. The molecule has 1 atom stereocenters. The molecule has 0 saturated heterocycles. The third kappa shape index (κ3) is 4.13. The van der Waals surface area contributed by atoms with Crippen LogP contribution in [-0.2, 0) is 24.5 Å². The highest BCUT2D eigenvalue weighted by molar-refractivity contribution is 9.10. The van der Waals surface area contributed by atoms with Gasteiger partial charge in [-0.3, -0.25) is 4.90 Å². The Labute approximate surface area is 184 Å². The number of hydrogen-bond donors (Lipinski definition) is 0. The van der Waals surface area contributed by atoms with Crippen molar-refractivity contribution < 1.29 is 35.3 Å².